The summed E-state index contributed by atoms with van der Waals surface area (Å²) in [5.41, 5.74) is 1.75. The number of nitrogens with zero attached hydrogens (tertiary/aromatic N) is 1. The summed E-state index contributed by atoms with van der Waals surface area (Å²) in [6.07, 6.45) is 0.847. The molecular weight excluding hydrogens is 290 g/mol. The van der Waals surface area contributed by atoms with E-state index in [1.54, 1.807) is 6.20 Å². The second-order valence-electron chi connectivity index (χ2n) is 4.86. The largest absolute Gasteiger partial charge is 0.481 e. The Hall–Kier alpha value is -2.50. The van der Waals surface area contributed by atoms with Crippen molar-refractivity contribution in [3.8, 4) is 5.75 Å². The summed E-state index contributed by atoms with van der Waals surface area (Å²) >= 11 is 0. The number of hydrogen-bond acceptors (Lipinski definition) is 3. The van der Waals surface area contributed by atoms with Gasteiger partial charge in [0, 0.05) is 24.5 Å². The lowest BCUT2D eigenvalue weighted by Gasteiger charge is -2.15. The van der Waals surface area contributed by atoms with E-state index in [9.17, 15) is 13.6 Å². The summed E-state index contributed by atoms with van der Waals surface area (Å²) in [5, 5.41) is 2.69. The molecular formula is C16H16F2N2O2. The van der Waals surface area contributed by atoms with E-state index >= 15 is 0 Å². The van der Waals surface area contributed by atoms with Gasteiger partial charge in [-0.2, -0.15) is 0 Å². The van der Waals surface area contributed by atoms with Gasteiger partial charge in [0.2, 0.25) is 0 Å². The van der Waals surface area contributed by atoms with Crippen LogP contribution in [0.5, 0.6) is 5.75 Å². The van der Waals surface area contributed by atoms with Crippen molar-refractivity contribution in [2.24, 2.45) is 0 Å². The van der Waals surface area contributed by atoms with Crippen LogP contribution in [-0.2, 0) is 11.3 Å². The number of amides is 1. The standard InChI is InChI=1S/C16H16F2N2O2/c1-10-3-4-12(8-19-10)9-20-16(21)11(2)22-13-5-6-14(17)15(18)7-13/h3-8,11H,9H2,1-2H3,(H,20,21)/t11-/m1/s1. The molecule has 0 bridgehead atoms. The molecule has 1 atom stereocenters. The Morgan fingerprint density at radius 1 is 1.27 bits per heavy atom. The van der Waals surface area contributed by atoms with Crippen LogP contribution in [-0.4, -0.2) is 17.0 Å². The van der Waals surface area contributed by atoms with Crippen molar-refractivity contribution < 1.29 is 18.3 Å². The zero-order valence-corrected chi connectivity index (χ0v) is 12.3. The smallest absolute Gasteiger partial charge is 0.261 e. The van der Waals surface area contributed by atoms with Gasteiger partial charge in [-0.1, -0.05) is 6.07 Å². The third-order valence-corrected chi connectivity index (χ3v) is 3.01. The second-order valence-corrected chi connectivity index (χ2v) is 4.86. The minimum absolute atomic E-state index is 0.0959. The van der Waals surface area contributed by atoms with Crippen molar-refractivity contribution in [3.05, 3.63) is 59.4 Å². The van der Waals surface area contributed by atoms with Crippen molar-refractivity contribution in [3.63, 3.8) is 0 Å². The van der Waals surface area contributed by atoms with Gasteiger partial charge in [0.05, 0.1) is 0 Å². The average molecular weight is 306 g/mol. The fourth-order valence-corrected chi connectivity index (χ4v) is 1.74. The van der Waals surface area contributed by atoms with Crippen LogP contribution >= 0.6 is 0 Å². The van der Waals surface area contributed by atoms with E-state index in [1.807, 2.05) is 19.1 Å². The lowest BCUT2D eigenvalue weighted by Crippen LogP contribution is -2.35. The van der Waals surface area contributed by atoms with Crippen LogP contribution in [0, 0.1) is 18.6 Å². The SMILES string of the molecule is Cc1ccc(CNC(=O)[C@@H](C)Oc2ccc(F)c(F)c2)cn1. The number of pyridine rings is 1. The van der Waals surface area contributed by atoms with Crippen molar-refractivity contribution in [2.75, 3.05) is 0 Å². The Morgan fingerprint density at radius 2 is 2.05 bits per heavy atom. The molecule has 1 amide bonds. The van der Waals surface area contributed by atoms with Crippen LogP contribution in [0.1, 0.15) is 18.2 Å². The molecule has 0 saturated heterocycles. The molecule has 0 fully saturated rings. The normalized spacial score (nSPS) is 11.8. The molecule has 2 aromatic rings. The highest BCUT2D eigenvalue weighted by molar-refractivity contribution is 5.80. The van der Waals surface area contributed by atoms with E-state index in [2.05, 4.69) is 10.3 Å². The summed E-state index contributed by atoms with van der Waals surface area (Å²) in [6, 6.07) is 6.84. The first-order chi connectivity index (χ1) is 10.5. The minimum atomic E-state index is -1.02. The Kier molecular flexibility index (Phi) is 5.04. The van der Waals surface area contributed by atoms with Crippen LogP contribution in [0.3, 0.4) is 0 Å². The summed E-state index contributed by atoms with van der Waals surface area (Å²) in [7, 11) is 0. The highest BCUT2D eigenvalue weighted by atomic mass is 19.2. The summed E-state index contributed by atoms with van der Waals surface area (Å²) < 4.78 is 31.2. The molecule has 0 spiro atoms. The number of nitrogens with one attached hydrogen (secondary N) is 1. The lowest BCUT2D eigenvalue weighted by atomic mass is 10.2. The van der Waals surface area contributed by atoms with Crippen LogP contribution in [0.2, 0.25) is 0 Å². The zero-order valence-electron chi connectivity index (χ0n) is 12.3. The van der Waals surface area contributed by atoms with Gasteiger partial charge in [0.15, 0.2) is 17.7 Å². The Bertz CT molecular complexity index is 660. The van der Waals surface area contributed by atoms with Crippen LogP contribution in [0.15, 0.2) is 36.5 Å². The number of benzene rings is 1. The van der Waals surface area contributed by atoms with Crippen LogP contribution in [0.4, 0.5) is 8.78 Å². The predicted octanol–water partition coefficient (Wildman–Crippen LogP) is 2.75. The molecule has 4 nitrogen and oxygen atoms in total. The van der Waals surface area contributed by atoms with Gasteiger partial charge in [-0.15, -0.1) is 0 Å². The topological polar surface area (TPSA) is 51.2 Å². The van der Waals surface area contributed by atoms with Crippen LogP contribution < -0.4 is 10.1 Å². The van der Waals surface area contributed by atoms with Gasteiger partial charge in [-0.25, -0.2) is 8.78 Å². The van der Waals surface area contributed by atoms with Crippen molar-refractivity contribution in [1.82, 2.24) is 10.3 Å². The Balaban J connectivity index is 1.88. The summed E-state index contributed by atoms with van der Waals surface area (Å²) in [4.78, 5) is 16.0. The molecule has 0 radical (unpaired) electrons. The van der Waals surface area contributed by atoms with E-state index in [0.29, 0.717) is 6.54 Å². The molecule has 0 aliphatic rings. The molecule has 1 aromatic heterocycles. The van der Waals surface area contributed by atoms with Crippen molar-refractivity contribution in [1.29, 1.82) is 0 Å². The zero-order chi connectivity index (χ0) is 16.1. The fourth-order valence-electron chi connectivity index (χ4n) is 1.74. The van der Waals surface area contributed by atoms with E-state index in [-0.39, 0.29) is 11.7 Å². The highest BCUT2D eigenvalue weighted by Gasteiger charge is 2.15. The summed E-state index contributed by atoms with van der Waals surface area (Å²) in [6.45, 7) is 3.72. The molecule has 1 N–H and O–H groups in total. The monoisotopic (exact) mass is 306 g/mol. The molecule has 0 saturated carbocycles. The first kappa shape index (κ1) is 15.9. The van der Waals surface area contributed by atoms with E-state index < -0.39 is 17.7 Å². The van der Waals surface area contributed by atoms with Gasteiger partial charge < -0.3 is 10.1 Å². The number of carbonyl (C=O) groups is 1. The number of aryl methyl sites for hydroxylation is 1. The fraction of sp³-hybridized carbons (Fsp3) is 0.250. The van der Waals surface area contributed by atoms with E-state index in [4.69, 9.17) is 4.74 Å². The predicted molar refractivity (Wildman–Crippen MR) is 77.3 cm³/mol. The third-order valence-electron chi connectivity index (χ3n) is 3.01. The maximum Gasteiger partial charge on any atom is 0.261 e. The molecule has 116 valence electrons. The van der Waals surface area contributed by atoms with E-state index in [1.165, 1.54) is 13.0 Å². The third kappa shape index (κ3) is 4.25. The molecule has 22 heavy (non-hydrogen) atoms. The minimum Gasteiger partial charge on any atom is -0.481 e. The van der Waals surface area contributed by atoms with Gasteiger partial charge in [-0.3, -0.25) is 9.78 Å². The molecule has 2 rings (SSSR count). The van der Waals surface area contributed by atoms with Gasteiger partial charge in [-0.05, 0) is 37.6 Å². The number of ether oxygens (including phenoxy) is 1. The average Bonchev–Trinajstić information content (AvgIpc) is 2.50. The van der Waals surface area contributed by atoms with Crippen LogP contribution in [0.25, 0.3) is 0 Å². The van der Waals surface area contributed by atoms with Gasteiger partial charge in [0.25, 0.3) is 5.91 Å². The maximum atomic E-state index is 13.1. The molecule has 0 unspecified atom stereocenters. The number of aromatic nitrogens is 1. The molecule has 1 aromatic carbocycles. The summed E-state index contributed by atoms with van der Waals surface area (Å²) in [5.74, 6) is -2.24. The number of rotatable bonds is 5. The first-order valence-corrected chi connectivity index (χ1v) is 6.76. The highest BCUT2D eigenvalue weighted by Crippen LogP contribution is 2.16. The molecule has 6 heteroatoms. The van der Waals surface area contributed by atoms with Crippen molar-refractivity contribution >= 4 is 5.91 Å². The van der Waals surface area contributed by atoms with Crippen molar-refractivity contribution in [2.45, 2.75) is 26.5 Å². The Labute approximate surface area is 127 Å². The number of halogens is 2. The maximum absolute atomic E-state index is 13.1. The number of hydrogen-bond donors (Lipinski definition) is 1. The van der Waals surface area contributed by atoms with E-state index in [0.717, 1.165) is 23.4 Å². The van der Waals surface area contributed by atoms with Gasteiger partial charge >= 0.3 is 0 Å². The quantitative estimate of drug-likeness (QED) is 0.924. The second kappa shape index (κ2) is 6.98. The first-order valence-electron chi connectivity index (χ1n) is 6.76. The molecule has 0 aliphatic heterocycles. The Morgan fingerprint density at radius 3 is 2.68 bits per heavy atom. The molecule has 0 aliphatic carbocycles. The lowest BCUT2D eigenvalue weighted by molar-refractivity contribution is -0.127. The number of carbonyl (C=O) groups excluding carboxylic acids is 1. The molecule has 1 heterocycles. The van der Waals surface area contributed by atoms with Gasteiger partial charge in [0.1, 0.15) is 5.75 Å².